The first kappa shape index (κ1) is 23.4. The van der Waals surface area contributed by atoms with Gasteiger partial charge in [-0.3, -0.25) is 0 Å². The van der Waals surface area contributed by atoms with Crippen LogP contribution in [-0.2, 0) is 9.47 Å². The molecule has 0 saturated carbocycles. The van der Waals surface area contributed by atoms with Gasteiger partial charge in [0.25, 0.3) is 0 Å². The average Bonchev–Trinajstić information content (AvgIpc) is 2.59. The lowest BCUT2D eigenvalue weighted by Crippen LogP contribution is -2.19. The minimum Gasteiger partial charge on any atom is -0.353 e. The van der Waals surface area contributed by atoms with E-state index in [1.54, 1.807) is 0 Å². The van der Waals surface area contributed by atoms with Crippen LogP contribution < -0.4 is 0 Å². The van der Waals surface area contributed by atoms with Crippen LogP contribution in [-0.4, -0.2) is 19.5 Å². The van der Waals surface area contributed by atoms with Crippen molar-refractivity contribution < 1.29 is 9.47 Å². The fourth-order valence-corrected chi connectivity index (χ4v) is 2.69. The summed E-state index contributed by atoms with van der Waals surface area (Å²) in [5, 5.41) is 0. The zero-order valence-corrected chi connectivity index (χ0v) is 16.3. The minimum absolute atomic E-state index is 0.00639. The summed E-state index contributed by atoms with van der Waals surface area (Å²) >= 11 is 0. The molecule has 0 spiro atoms. The van der Waals surface area contributed by atoms with E-state index in [4.69, 9.17) is 9.47 Å². The molecule has 0 aromatic rings. The van der Waals surface area contributed by atoms with E-state index in [1.165, 1.54) is 44.9 Å². The van der Waals surface area contributed by atoms with Gasteiger partial charge < -0.3 is 9.47 Å². The van der Waals surface area contributed by atoms with Gasteiger partial charge in [0.2, 0.25) is 0 Å². The van der Waals surface area contributed by atoms with Gasteiger partial charge in [-0.25, -0.2) is 0 Å². The summed E-state index contributed by atoms with van der Waals surface area (Å²) in [5.41, 5.74) is 0. The average molecular weight is 339 g/mol. The van der Waals surface area contributed by atoms with E-state index in [0.29, 0.717) is 0 Å². The highest BCUT2D eigenvalue weighted by molar-refractivity contribution is 4.66. The third-order valence-corrected chi connectivity index (χ3v) is 4.26. The zero-order chi connectivity index (χ0) is 17.7. The van der Waals surface area contributed by atoms with Crippen LogP contribution in [0.15, 0.2) is 25.3 Å². The molecule has 0 aliphatic heterocycles. The van der Waals surface area contributed by atoms with Crippen molar-refractivity contribution in [1.82, 2.24) is 0 Å². The zero-order valence-electron chi connectivity index (χ0n) is 16.3. The van der Waals surface area contributed by atoms with Gasteiger partial charge >= 0.3 is 0 Å². The summed E-state index contributed by atoms with van der Waals surface area (Å²) in [5.74, 6) is 0. The lowest BCUT2D eigenvalue weighted by molar-refractivity contribution is -0.147. The number of allylic oxidation sites excluding steroid dienone is 2. The number of hydrogen-bond donors (Lipinski definition) is 0. The number of hydrogen-bond acceptors (Lipinski definition) is 2. The molecule has 0 aliphatic rings. The molecule has 0 heterocycles. The summed E-state index contributed by atoms with van der Waals surface area (Å²) in [6, 6.07) is 0. The van der Waals surface area contributed by atoms with Gasteiger partial charge in [-0.15, -0.1) is 13.2 Å². The second kappa shape index (κ2) is 20.4. The Kier molecular flexibility index (Phi) is 19.9. The molecule has 0 radical (unpaired) electrons. The topological polar surface area (TPSA) is 18.5 Å². The quantitative estimate of drug-likeness (QED) is 0.133. The maximum atomic E-state index is 5.96. The van der Waals surface area contributed by atoms with Crippen molar-refractivity contribution in [3.05, 3.63) is 25.3 Å². The van der Waals surface area contributed by atoms with Crippen LogP contribution in [0.3, 0.4) is 0 Å². The van der Waals surface area contributed by atoms with Crippen molar-refractivity contribution in [2.75, 3.05) is 13.2 Å². The highest BCUT2D eigenvalue weighted by Gasteiger charge is 2.09. The van der Waals surface area contributed by atoms with Crippen molar-refractivity contribution in [3.63, 3.8) is 0 Å². The lowest BCUT2D eigenvalue weighted by atomic mass is 10.1. The molecule has 0 aromatic carbocycles. The standard InChI is InChI=1S/C22H42O2/c1-4-7-10-13-14-15-16-19-22(23-20-17-11-8-5-2)24-21-18-12-9-6-3/h5-6,22H,2-4,7-21H2,1H3. The highest BCUT2D eigenvalue weighted by Crippen LogP contribution is 2.13. The normalized spacial score (nSPS) is 11.1. The Balaban J connectivity index is 3.76. The molecule has 0 N–H and O–H groups in total. The Bertz CT molecular complexity index is 245. The maximum Gasteiger partial charge on any atom is 0.157 e. The van der Waals surface area contributed by atoms with E-state index in [9.17, 15) is 0 Å². The summed E-state index contributed by atoms with van der Waals surface area (Å²) in [7, 11) is 0. The molecule has 0 atom stereocenters. The molecule has 2 heteroatoms. The van der Waals surface area contributed by atoms with Crippen LogP contribution in [0.5, 0.6) is 0 Å². The van der Waals surface area contributed by atoms with Gasteiger partial charge in [0, 0.05) is 13.2 Å². The van der Waals surface area contributed by atoms with Gasteiger partial charge in [0.05, 0.1) is 0 Å². The molecule has 0 unspecified atom stereocenters. The highest BCUT2D eigenvalue weighted by atomic mass is 16.7. The van der Waals surface area contributed by atoms with Crippen molar-refractivity contribution >= 4 is 0 Å². The number of rotatable bonds is 20. The van der Waals surface area contributed by atoms with Crippen molar-refractivity contribution in [1.29, 1.82) is 0 Å². The third kappa shape index (κ3) is 17.7. The lowest BCUT2D eigenvalue weighted by Gasteiger charge is -2.18. The number of unbranched alkanes of at least 4 members (excludes halogenated alkanes) is 10. The van der Waals surface area contributed by atoms with E-state index in [-0.39, 0.29) is 6.29 Å². The monoisotopic (exact) mass is 338 g/mol. The Hall–Kier alpha value is -0.600. The fourth-order valence-electron chi connectivity index (χ4n) is 2.69. The molecule has 2 nitrogen and oxygen atoms in total. The van der Waals surface area contributed by atoms with Crippen LogP contribution in [0, 0.1) is 0 Å². The number of ether oxygens (including phenoxy) is 2. The Labute approximate surface area is 151 Å². The molecule has 24 heavy (non-hydrogen) atoms. The van der Waals surface area contributed by atoms with Gasteiger partial charge in [-0.2, -0.15) is 0 Å². The SMILES string of the molecule is C=CCCCCOC(CCCCCCCCC)OCCCCC=C. The molecule has 0 aliphatic carbocycles. The Morgan fingerprint density at radius 1 is 0.667 bits per heavy atom. The molecule has 0 bridgehead atoms. The Morgan fingerprint density at radius 2 is 1.17 bits per heavy atom. The first-order valence-corrected chi connectivity index (χ1v) is 10.3. The predicted octanol–water partition coefficient (Wildman–Crippen LogP) is 7.20. The van der Waals surface area contributed by atoms with Crippen LogP contribution in [0.4, 0.5) is 0 Å². The molecule has 0 saturated heterocycles. The predicted molar refractivity (Wildman–Crippen MR) is 106 cm³/mol. The van der Waals surface area contributed by atoms with Crippen LogP contribution in [0.25, 0.3) is 0 Å². The van der Waals surface area contributed by atoms with E-state index < -0.39 is 0 Å². The Morgan fingerprint density at radius 3 is 1.67 bits per heavy atom. The van der Waals surface area contributed by atoms with Gasteiger partial charge in [-0.1, -0.05) is 57.6 Å². The second-order valence-electron chi connectivity index (χ2n) is 6.65. The van der Waals surface area contributed by atoms with Gasteiger partial charge in [0.1, 0.15) is 0 Å². The molecule has 0 fully saturated rings. The van der Waals surface area contributed by atoms with E-state index in [2.05, 4.69) is 20.1 Å². The molecule has 142 valence electrons. The summed E-state index contributed by atoms with van der Waals surface area (Å²) in [6.07, 6.45) is 21.0. The van der Waals surface area contributed by atoms with E-state index in [0.717, 1.165) is 58.2 Å². The molecular formula is C22H42O2. The fraction of sp³-hybridized carbons (Fsp3) is 0.818. The minimum atomic E-state index is -0.00639. The molecule has 0 rings (SSSR count). The van der Waals surface area contributed by atoms with E-state index >= 15 is 0 Å². The van der Waals surface area contributed by atoms with E-state index in [1.807, 2.05) is 12.2 Å². The van der Waals surface area contributed by atoms with Crippen LogP contribution >= 0.6 is 0 Å². The third-order valence-electron chi connectivity index (χ3n) is 4.26. The van der Waals surface area contributed by atoms with Crippen molar-refractivity contribution in [2.45, 2.75) is 103 Å². The first-order valence-electron chi connectivity index (χ1n) is 10.3. The molecule has 0 aromatic heterocycles. The maximum absolute atomic E-state index is 5.96. The van der Waals surface area contributed by atoms with Crippen LogP contribution in [0.2, 0.25) is 0 Å². The second-order valence-corrected chi connectivity index (χ2v) is 6.65. The smallest absolute Gasteiger partial charge is 0.157 e. The van der Waals surface area contributed by atoms with Gasteiger partial charge in [-0.05, 0) is 51.4 Å². The van der Waals surface area contributed by atoms with Crippen LogP contribution in [0.1, 0.15) is 96.8 Å². The summed E-state index contributed by atoms with van der Waals surface area (Å²) in [6.45, 7) is 11.4. The molecule has 0 amide bonds. The van der Waals surface area contributed by atoms with Crippen molar-refractivity contribution in [3.8, 4) is 0 Å². The summed E-state index contributed by atoms with van der Waals surface area (Å²) in [4.78, 5) is 0. The largest absolute Gasteiger partial charge is 0.353 e. The first-order chi connectivity index (χ1) is 11.8. The molecular weight excluding hydrogens is 296 g/mol. The van der Waals surface area contributed by atoms with Crippen molar-refractivity contribution in [2.24, 2.45) is 0 Å². The summed E-state index contributed by atoms with van der Waals surface area (Å²) < 4.78 is 11.9. The van der Waals surface area contributed by atoms with Gasteiger partial charge in [0.15, 0.2) is 6.29 Å².